The van der Waals surface area contributed by atoms with Gasteiger partial charge in [-0.25, -0.2) is 4.98 Å². The molecule has 3 rings (SSSR count). The Balaban J connectivity index is 2.08. The first-order valence-electron chi connectivity index (χ1n) is 7.40. The third kappa shape index (κ3) is 2.67. The Morgan fingerprint density at radius 3 is 2.81 bits per heavy atom. The molecular weight excluding hydrogens is 260 g/mol. The molecule has 0 spiro atoms. The van der Waals surface area contributed by atoms with Gasteiger partial charge in [0.05, 0.1) is 23.3 Å². The Bertz CT molecular complexity index is 745. The predicted molar refractivity (Wildman–Crippen MR) is 85.0 cm³/mol. The zero-order valence-electron chi connectivity index (χ0n) is 12.3. The molecule has 2 N–H and O–H groups in total. The summed E-state index contributed by atoms with van der Waals surface area (Å²) >= 11 is 0. The Kier molecular flexibility index (Phi) is 3.97. The van der Waals surface area contributed by atoms with Gasteiger partial charge in [-0.05, 0) is 30.2 Å². The molecule has 0 aliphatic carbocycles. The van der Waals surface area contributed by atoms with Crippen molar-refractivity contribution in [3.05, 3.63) is 59.7 Å². The molecular formula is C17H20N4. The lowest BCUT2D eigenvalue weighted by Crippen LogP contribution is -2.10. The fourth-order valence-electron chi connectivity index (χ4n) is 2.69. The Hall–Kier alpha value is -2.20. The van der Waals surface area contributed by atoms with Crippen molar-refractivity contribution in [1.29, 1.82) is 0 Å². The lowest BCUT2D eigenvalue weighted by molar-refractivity contribution is 0.712. The molecule has 0 aliphatic heterocycles. The van der Waals surface area contributed by atoms with Gasteiger partial charge < -0.3 is 10.3 Å². The molecule has 0 atom stereocenters. The van der Waals surface area contributed by atoms with Crippen LogP contribution in [-0.4, -0.2) is 14.5 Å². The summed E-state index contributed by atoms with van der Waals surface area (Å²) in [5, 5.41) is 0. The summed E-state index contributed by atoms with van der Waals surface area (Å²) in [6.45, 7) is 3.42. The van der Waals surface area contributed by atoms with Gasteiger partial charge in [-0.3, -0.25) is 4.98 Å². The van der Waals surface area contributed by atoms with E-state index < -0.39 is 0 Å². The number of para-hydroxylation sites is 2. The molecule has 0 saturated carbocycles. The normalized spacial score (nSPS) is 11.1. The summed E-state index contributed by atoms with van der Waals surface area (Å²) in [6, 6.07) is 12.3. The van der Waals surface area contributed by atoms with Crippen LogP contribution in [0, 0.1) is 0 Å². The molecule has 0 fully saturated rings. The minimum atomic E-state index is 0.464. The van der Waals surface area contributed by atoms with Crippen LogP contribution in [0.4, 0.5) is 0 Å². The quantitative estimate of drug-likeness (QED) is 0.782. The molecule has 0 radical (unpaired) electrons. The van der Waals surface area contributed by atoms with Gasteiger partial charge in [-0.1, -0.05) is 25.1 Å². The molecule has 2 heterocycles. The van der Waals surface area contributed by atoms with Crippen molar-refractivity contribution in [1.82, 2.24) is 14.5 Å². The van der Waals surface area contributed by atoms with Crippen molar-refractivity contribution >= 4 is 11.0 Å². The molecule has 0 bridgehead atoms. The number of nitrogens with two attached hydrogens (primary N) is 1. The second-order valence-corrected chi connectivity index (χ2v) is 5.17. The van der Waals surface area contributed by atoms with E-state index in [4.69, 9.17) is 10.7 Å². The van der Waals surface area contributed by atoms with Crippen LogP contribution in [0.2, 0.25) is 0 Å². The van der Waals surface area contributed by atoms with E-state index >= 15 is 0 Å². The summed E-state index contributed by atoms with van der Waals surface area (Å²) in [6.07, 6.45) is 3.86. The number of rotatable bonds is 5. The minimum Gasteiger partial charge on any atom is -0.325 e. The van der Waals surface area contributed by atoms with Crippen LogP contribution in [0.3, 0.4) is 0 Å². The number of hydrogen-bond acceptors (Lipinski definition) is 3. The van der Waals surface area contributed by atoms with Crippen molar-refractivity contribution in [2.45, 2.75) is 32.9 Å². The van der Waals surface area contributed by atoms with Crippen molar-refractivity contribution in [3.8, 4) is 0 Å². The second kappa shape index (κ2) is 6.06. The van der Waals surface area contributed by atoms with E-state index in [9.17, 15) is 0 Å². The second-order valence-electron chi connectivity index (χ2n) is 5.17. The van der Waals surface area contributed by atoms with E-state index in [0.29, 0.717) is 6.54 Å². The van der Waals surface area contributed by atoms with Gasteiger partial charge in [0.15, 0.2) is 0 Å². The summed E-state index contributed by atoms with van der Waals surface area (Å²) in [5.74, 6) is 1.13. The van der Waals surface area contributed by atoms with E-state index in [2.05, 4.69) is 40.7 Å². The molecule has 108 valence electrons. The highest BCUT2D eigenvalue weighted by Crippen LogP contribution is 2.19. The van der Waals surface area contributed by atoms with Gasteiger partial charge in [0.1, 0.15) is 5.82 Å². The molecule has 0 aliphatic rings. The highest BCUT2D eigenvalue weighted by molar-refractivity contribution is 5.76. The molecule has 21 heavy (non-hydrogen) atoms. The molecule has 4 heteroatoms. The number of aromatic nitrogens is 3. The average molecular weight is 280 g/mol. The number of nitrogens with zero attached hydrogens (tertiary/aromatic N) is 3. The van der Waals surface area contributed by atoms with Crippen LogP contribution in [0.15, 0.2) is 42.6 Å². The maximum atomic E-state index is 5.80. The Morgan fingerprint density at radius 2 is 2.00 bits per heavy atom. The lowest BCUT2D eigenvalue weighted by atomic mass is 10.2. The molecule has 0 saturated heterocycles. The lowest BCUT2D eigenvalue weighted by Gasteiger charge is -2.11. The van der Waals surface area contributed by atoms with Crippen molar-refractivity contribution in [3.63, 3.8) is 0 Å². The number of imidazole rings is 1. The number of aryl methyl sites for hydroxylation is 1. The molecule has 4 nitrogen and oxygen atoms in total. The summed E-state index contributed by atoms with van der Waals surface area (Å²) in [5.41, 5.74) is 10.2. The summed E-state index contributed by atoms with van der Waals surface area (Å²) in [4.78, 5) is 9.14. The highest BCUT2D eigenvalue weighted by atomic mass is 15.1. The van der Waals surface area contributed by atoms with Gasteiger partial charge in [-0.2, -0.15) is 0 Å². The molecule has 1 aromatic carbocycles. The molecule has 0 unspecified atom stereocenters. The SMILES string of the molecule is CCCc1nc2ccccc2n1Cc1cccnc1CN. The standard InChI is InChI=1S/C17H20N4/c1-2-6-17-20-14-8-3-4-9-16(14)21(17)12-13-7-5-10-19-15(13)11-18/h3-5,7-10H,2,6,11-12,18H2,1H3. The van der Waals surface area contributed by atoms with E-state index in [0.717, 1.165) is 36.4 Å². The van der Waals surface area contributed by atoms with Crippen LogP contribution in [0.5, 0.6) is 0 Å². The Labute approximate surface area is 124 Å². The number of pyridine rings is 1. The Morgan fingerprint density at radius 1 is 1.14 bits per heavy atom. The first-order valence-corrected chi connectivity index (χ1v) is 7.40. The van der Waals surface area contributed by atoms with E-state index in [1.54, 1.807) is 6.20 Å². The van der Waals surface area contributed by atoms with Gasteiger partial charge in [-0.15, -0.1) is 0 Å². The minimum absolute atomic E-state index is 0.464. The van der Waals surface area contributed by atoms with Gasteiger partial charge in [0.2, 0.25) is 0 Å². The first-order chi connectivity index (χ1) is 10.3. The van der Waals surface area contributed by atoms with Gasteiger partial charge in [0, 0.05) is 19.2 Å². The zero-order chi connectivity index (χ0) is 14.7. The monoisotopic (exact) mass is 280 g/mol. The predicted octanol–water partition coefficient (Wildman–Crippen LogP) is 2.89. The highest BCUT2D eigenvalue weighted by Gasteiger charge is 2.11. The maximum Gasteiger partial charge on any atom is 0.110 e. The number of fused-ring (bicyclic) bond motifs is 1. The zero-order valence-corrected chi connectivity index (χ0v) is 12.3. The maximum absolute atomic E-state index is 5.80. The van der Waals surface area contributed by atoms with Gasteiger partial charge >= 0.3 is 0 Å². The third-order valence-electron chi connectivity index (χ3n) is 3.71. The van der Waals surface area contributed by atoms with Gasteiger partial charge in [0.25, 0.3) is 0 Å². The number of hydrogen-bond donors (Lipinski definition) is 1. The van der Waals surface area contributed by atoms with E-state index in [1.807, 2.05) is 12.1 Å². The smallest absolute Gasteiger partial charge is 0.110 e. The van der Waals surface area contributed by atoms with Crippen LogP contribution >= 0.6 is 0 Å². The summed E-state index contributed by atoms with van der Waals surface area (Å²) < 4.78 is 2.29. The van der Waals surface area contributed by atoms with E-state index in [-0.39, 0.29) is 0 Å². The van der Waals surface area contributed by atoms with Crippen LogP contribution in [0.25, 0.3) is 11.0 Å². The topological polar surface area (TPSA) is 56.7 Å². The van der Waals surface area contributed by atoms with Crippen molar-refractivity contribution < 1.29 is 0 Å². The van der Waals surface area contributed by atoms with E-state index in [1.165, 1.54) is 11.1 Å². The first kappa shape index (κ1) is 13.8. The van der Waals surface area contributed by atoms with Crippen LogP contribution < -0.4 is 5.73 Å². The van der Waals surface area contributed by atoms with Crippen LogP contribution in [-0.2, 0) is 19.5 Å². The van der Waals surface area contributed by atoms with Crippen molar-refractivity contribution in [2.24, 2.45) is 5.73 Å². The molecule has 0 amide bonds. The fraction of sp³-hybridized carbons (Fsp3) is 0.294. The fourth-order valence-corrected chi connectivity index (χ4v) is 2.69. The van der Waals surface area contributed by atoms with Crippen molar-refractivity contribution in [2.75, 3.05) is 0 Å². The van der Waals surface area contributed by atoms with Crippen LogP contribution in [0.1, 0.15) is 30.4 Å². The molecule has 3 aromatic rings. The number of benzene rings is 1. The largest absolute Gasteiger partial charge is 0.325 e. The average Bonchev–Trinajstić information content (AvgIpc) is 2.86. The third-order valence-corrected chi connectivity index (χ3v) is 3.71. The molecule has 2 aromatic heterocycles. The summed E-state index contributed by atoms with van der Waals surface area (Å²) in [7, 11) is 0.